The molecule has 0 aromatic carbocycles. The van der Waals surface area contributed by atoms with Crippen molar-refractivity contribution in [1.29, 1.82) is 0 Å². The van der Waals surface area contributed by atoms with Crippen molar-refractivity contribution < 1.29 is 4.79 Å². The minimum atomic E-state index is 0.351. The van der Waals surface area contributed by atoms with Gasteiger partial charge in [-0.1, -0.05) is 110 Å². The lowest BCUT2D eigenvalue weighted by Gasteiger charge is -2.17. The number of nitrogens with zero attached hydrogens (tertiary/aromatic N) is 1. The van der Waals surface area contributed by atoms with E-state index in [2.05, 4.69) is 13.8 Å². The summed E-state index contributed by atoms with van der Waals surface area (Å²) in [7, 11) is 1.98. The van der Waals surface area contributed by atoms with Crippen molar-refractivity contribution in [1.82, 2.24) is 4.90 Å². The van der Waals surface area contributed by atoms with E-state index in [1.807, 2.05) is 11.9 Å². The summed E-state index contributed by atoms with van der Waals surface area (Å²) in [4.78, 5) is 14.1. The predicted octanol–water partition coefficient (Wildman–Crippen LogP) is 7.51. The average molecular weight is 354 g/mol. The zero-order chi connectivity index (χ0) is 18.6. The van der Waals surface area contributed by atoms with Crippen molar-refractivity contribution in [2.75, 3.05) is 13.6 Å². The van der Waals surface area contributed by atoms with Crippen LogP contribution in [-0.4, -0.2) is 24.4 Å². The molecule has 0 aromatic rings. The minimum Gasteiger partial charge on any atom is -0.346 e. The molecule has 0 rings (SSSR count). The number of hydrogen-bond acceptors (Lipinski definition) is 1. The van der Waals surface area contributed by atoms with Crippen LogP contribution in [0.3, 0.4) is 0 Å². The first-order valence-electron chi connectivity index (χ1n) is 11.5. The Morgan fingerprint density at radius 3 is 1.36 bits per heavy atom. The molecule has 0 unspecified atom stereocenters. The Labute approximate surface area is 159 Å². The van der Waals surface area contributed by atoms with Crippen molar-refractivity contribution in [2.24, 2.45) is 0 Å². The lowest BCUT2D eigenvalue weighted by atomic mass is 10.1. The van der Waals surface area contributed by atoms with Gasteiger partial charge in [0.1, 0.15) is 0 Å². The standard InChI is InChI=1S/C23H47NO/c1-4-6-8-10-12-13-14-15-16-17-19-21-23(25)24(3)22-20-18-11-9-7-5-2/h4-22H2,1-3H3. The van der Waals surface area contributed by atoms with Crippen LogP contribution >= 0.6 is 0 Å². The third kappa shape index (κ3) is 18.1. The minimum absolute atomic E-state index is 0.351. The van der Waals surface area contributed by atoms with Gasteiger partial charge in [0.25, 0.3) is 0 Å². The molecule has 0 spiro atoms. The number of carbonyl (C=O) groups excluding carboxylic acids is 1. The zero-order valence-corrected chi connectivity index (χ0v) is 17.8. The molecule has 0 aromatic heterocycles. The van der Waals surface area contributed by atoms with Gasteiger partial charge in [0.2, 0.25) is 5.91 Å². The first kappa shape index (κ1) is 24.5. The Bertz CT molecular complexity index is 277. The van der Waals surface area contributed by atoms with Gasteiger partial charge in [0, 0.05) is 20.0 Å². The number of rotatable bonds is 19. The van der Waals surface area contributed by atoms with Gasteiger partial charge >= 0.3 is 0 Å². The van der Waals surface area contributed by atoms with Crippen molar-refractivity contribution in [3.8, 4) is 0 Å². The van der Waals surface area contributed by atoms with E-state index in [0.717, 1.165) is 19.4 Å². The SMILES string of the molecule is CCCCCCCCCCCCCC(=O)N(C)CCCCCCCC. The van der Waals surface area contributed by atoms with Crippen LogP contribution in [-0.2, 0) is 4.79 Å². The lowest BCUT2D eigenvalue weighted by molar-refractivity contribution is -0.130. The molecule has 0 bridgehead atoms. The maximum Gasteiger partial charge on any atom is 0.222 e. The maximum absolute atomic E-state index is 12.1. The highest BCUT2D eigenvalue weighted by atomic mass is 16.2. The number of hydrogen-bond donors (Lipinski definition) is 0. The lowest BCUT2D eigenvalue weighted by Crippen LogP contribution is -2.27. The highest BCUT2D eigenvalue weighted by molar-refractivity contribution is 5.75. The Balaban J connectivity index is 3.31. The molecular weight excluding hydrogens is 306 g/mol. The Morgan fingerprint density at radius 2 is 0.920 bits per heavy atom. The van der Waals surface area contributed by atoms with Crippen LogP contribution in [0, 0.1) is 0 Å². The third-order valence-electron chi connectivity index (χ3n) is 5.27. The van der Waals surface area contributed by atoms with Crippen molar-refractivity contribution in [2.45, 2.75) is 129 Å². The molecule has 0 N–H and O–H groups in total. The van der Waals surface area contributed by atoms with Gasteiger partial charge in [-0.2, -0.15) is 0 Å². The van der Waals surface area contributed by atoms with Crippen LogP contribution in [0.15, 0.2) is 0 Å². The monoisotopic (exact) mass is 353 g/mol. The summed E-state index contributed by atoms with van der Waals surface area (Å²) in [6.07, 6.45) is 23.3. The zero-order valence-electron chi connectivity index (χ0n) is 17.8. The smallest absolute Gasteiger partial charge is 0.222 e. The first-order valence-corrected chi connectivity index (χ1v) is 11.5. The molecule has 0 atom stereocenters. The van der Waals surface area contributed by atoms with Gasteiger partial charge in [-0.3, -0.25) is 4.79 Å². The molecule has 2 nitrogen and oxygen atoms in total. The molecule has 1 amide bonds. The van der Waals surface area contributed by atoms with Gasteiger partial charge < -0.3 is 4.90 Å². The van der Waals surface area contributed by atoms with Gasteiger partial charge in [-0.25, -0.2) is 0 Å². The van der Waals surface area contributed by atoms with Crippen LogP contribution in [0.4, 0.5) is 0 Å². The van der Waals surface area contributed by atoms with Crippen molar-refractivity contribution in [3.63, 3.8) is 0 Å². The topological polar surface area (TPSA) is 20.3 Å². The highest BCUT2D eigenvalue weighted by Crippen LogP contribution is 2.12. The number of carbonyl (C=O) groups is 1. The summed E-state index contributed by atoms with van der Waals surface area (Å²) >= 11 is 0. The highest BCUT2D eigenvalue weighted by Gasteiger charge is 2.07. The fourth-order valence-corrected chi connectivity index (χ4v) is 3.39. The van der Waals surface area contributed by atoms with Crippen molar-refractivity contribution in [3.05, 3.63) is 0 Å². The predicted molar refractivity (Wildman–Crippen MR) is 112 cm³/mol. The summed E-state index contributed by atoms with van der Waals surface area (Å²) in [5, 5.41) is 0. The van der Waals surface area contributed by atoms with E-state index >= 15 is 0 Å². The summed E-state index contributed by atoms with van der Waals surface area (Å²) in [6.45, 7) is 5.47. The Morgan fingerprint density at radius 1 is 0.560 bits per heavy atom. The fraction of sp³-hybridized carbons (Fsp3) is 0.957. The van der Waals surface area contributed by atoms with E-state index in [4.69, 9.17) is 0 Å². The molecule has 0 saturated heterocycles. The molecule has 150 valence electrons. The average Bonchev–Trinajstić information content (AvgIpc) is 2.62. The van der Waals surface area contributed by atoms with E-state index in [-0.39, 0.29) is 0 Å². The van der Waals surface area contributed by atoms with Gasteiger partial charge in [-0.05, 0) is 12.8 Å². The molecule has 0 radical (unpaired) electrons. The fourth-order valence-electron chi connectivity index (χ4n) is 3.39. The summed E-state index contributed by atoms with van der Waals surface area (Å²) in [5.41, 5.74) is 0. The van der Waals surface area contributed by atoms with Gasteiger partial charge in [0.05, 0.1) is 0 Å². The second-order valence-electron chi connectivity index (χ2n) is 7.87. The van der Waals surface area contributed by atoms with E-state index in [1.165, 1.54) is 103 Å². The molecule has 2 heteroatoms. The van der Waals surface area contributed by atoms with Crippen LogP contribution in [0.25, 0.3) is 0 Å². The second kappa shape index (κ2) is 19.8. The first-order chi connectivity index (χ1) is 12.2. The van der Waals surface area contributed by atoms with Gasteiger partial charge in [0.15, 0.2) is 0 Å². The second-order valence-corrected chi connectivity index (χ2v) is 7.87. The van der Waals surface area contributed by atoms with Crippen LogP contribution < -0.4 is 0 Å². The normalized spacial score (nSPS) is 11.0. The summed E-state index contributed by atoms with van der Waals surface area (Å²) in [5.74, 6) is 0.351. The third-order valence-corrected chi connectivity index (χ3v) is 5.27. The van der Waals surface area contributed by atoms with E-state index in [1.54, 1.807) is 0 Å². The van der Waals surface area contributed by atoms with Crippen LogP contribution in [0.5, 0.6) is 0 Å². The largest absolute Gasteiger partial charge is 0.346 e. The molecule has 0 aliphatic rings. The number of amides is 1. The Hall–Kier alpha value is -0.530. The van der Waals surface area contributed by atoms with Crippen LogP contribution in [0.2, 0.25) is 0 Å². The van der Waals surface area contributed by atoms with E-state index in [0.29, 0.717) is 5.91 Å². The van der Waals surface area contributed by atoms with E-state index < -0.39 is 0 Å². The molecular formula is C23H47NO. The quantitative estimate of drug-likeness (QED) is 0.220. The molecule has 0 fully saturated rings. The molecule has 0 aliphatic heterocycles. The molecule has 25 heavy (non-hydrogen) atoms. The summed E-state index contributed by atoms with van der Waals surface area (Å²) in [6, 6.07) is 0. The van der Waals surface area contributed by atoms with E-state index in [9.17, 15) is 4.79 Å². The summed E-state index contributed by atoms with van der Waals surface area (Å²) < 4.78 is 0. The van der Waals surface area contributed by atoms with Gasteiger partial charge in [-0.15, -0.1) is 0 Å². The van der Waals surface area contributed by atoms with Crippen LogP contribution in [0.1, 0.15) is 129 Å². The molecule has 0 heterocycles. The molecule has 0 aliphatic carbocycles. The maximum atomic E-state index is 12.1. The Kier molecular flexibility index (Phi) is 19.4. The van der Waals surface area contributed by atoms with Crippen molar-refractivity contribution >= 4 is 5.91 Å². The molecule has 0 saturated carbocycles. The number of unbranched alkanes of at least 4 members (excludes halogenated alkanes) is 15.